The summed E-state index contributed by atoms with van der Waals surface area (Å²) in [6.07, 6.45) is 1.74. The van der Waals surface area contributed by atoms with Crippen molar-refractivity contribution in [3.8, 4) is 5.75 Å². The number of hydrogen-bond acceptors (Lipinski definition) is 6. The highest BCUT2D eigenvalue weighted by atomic mass is 79.9. The minimum Gasteiger partial charge on any atom is -0.496 e. The van der Waals surface area contributed by atoms with Crippen LogP contribution in [0.1, 0.15) is 16.1 Å². The molecule has 0 atom stereocenters. The van der Waals surface area contributed by atoms with E-state index in [-0.39, 0.29) is 11.5 Å². The number of aromatic nitrogens is 2. The van der Waals surface area contributed by atoms with Gasteiger partial charge in [0.05, 0.1) is 17.3 Å². The molecule has 9 heteroatoms. The van der Waals surface area contributed by atoms with Crippen LogP contribution in [0, 0.1) is 0 Å². The fraction of sp³-hybridized carbons (Fsp3) is 0.316. The van der Waals surface area contributed by atoms with E-state index in [9.17, 15) is 9.59 Å². The molecule has 0 bridgehead atoms. The number of carbonyl (C=O) groups is 1. The van der Waals surface area contributed by atoms with E-state index in [0.717, 1.165) is 23.3 Å². The van der Waals surface area contributed by atoms with Gasteiger partial charge in [0.15, 0.2) is 4.96 Å². The highest BCUT2D eigenvalue weighted by Crippen LogP contribution is 2.26. The zero-order chi connectivity index (χ0) is 19.7. The van der Waals surface area contributed by atoms with Gasteiger partial charge in [-0.15, -0.1) is 11.3 Å². The number of amides is 1. The van der Waals surface area contributed by atoms with Crippen LogP contribution in [0.3, 0.4) is 0 Å². The molecule has 3 aromatic rings. The Hall–Kier alpha value is -2.23. The van der Waals surface area contributed by atoms with Crippen molar-refractivity contribution in [3.63, 3.8) is 0 Å². The molecule has 1 amide bonds. The van der Waals surface area contributed by atoms with Crippen molar-refractivity contribution in [2.75, 3.05) is 33.3 Å². The van der Waals surface area contributed by atoms with Crippen molar-refractivity contribution in [1.29, 1.82) is 0 Å². The zero-order valence-corrected chi connectivity index (χ0v) is 17.7. The average molecular weight is 463 g/mol. The molecule has 0 aliphatic carbocycles. The van der Waals surface area contributed by atoms with E-state index >= 15 is 0 Å². The maximum Gasteiger partial charge on any atom is 0.258 e. The summed E-state index contributed by atoms with van der Waals surface area (Å²) in [4.78, 5) is 34.2. The molecule has 146 valence electrons. The molecular formula is C19H19BrN4O3S. The minimum atomic E-state index is -0.0554. The molecule has 1 aromatic carbocycles. The third-order valence-electron chi connectivity index (χ3n) is 4.80. The van der Waals surface area contributed by atoms with E-state index in [2.05, 4.69) is 25.8 Å². The lowest BCUT2D eigenvalue weighted by Crippen LogP contribution is -2.48. The molecule has 1 aliphatic heterocycles. The molecule has 7 nitrogen and oxygen atoms in total. The van der Waals surface area contributed by atoms with E-state index < -0.39 is 0 Å². The van der Waals surface area contributed by atoms with Gasteiger partial charge in [0.1, 0.15) is 5.75 Å². The fourth-order valence-electron chi connectivity index (χ4n) is 3.29. The lowest BCUT2D eigenvalue weighted by atomic mass is 10.1. The molecule has 1 aliphatic rings. The molecule has 0 N–H and O–H groups in total. The number of piperazine rings is 1. The molecule has 0 saturated carbocycles. The maximum atomic E-state index is 12.8. The predicted molar refractivity (Wildman–Crippen MR) is 111 cm³/mol. The maximum absolute atomic E-state index is 12.8. The summed E-state index contributed by atoms with van der Waals surface area (Å²) >= 11 is 4.88. The van der Waals surface area contributed by atoms with Crippen molar-refractivity contribution in [3.05, 3.63) is 61.9 Å². The molecule has 3 heterocycles. The molecule has 0 spiro atoms. The van der Waals surface area contributed by atoms with Gasteiger partial charge in [-0.25, -0.2) is 4.98 Å². The highest BCUT2D eigenvalue weighted by Gasteiger charge is 2.23. The first-order valence-corrected chi connectivity index (χ1v) is 10.5. The summed E-state index contributed by atoms with van der Waals surface area (Å²) in [6.45, 7) is 3.38. The van der Waals surface area contributed by atoms with Gasteiger partial charge in [-0.1, -0.05) is 0 Å². The second-order valence-corrected chi connectivity index (χ2v) is 8.29. The second kappa shape index (κ2) is 8.02. The Bertz CT molecular complexity index is 1070. The van der Waals surface area contributed by atoms with Crippen molar-refractivity contribution in [1.82, 2.24) is 19.2 Å². The van der Waals surface area contributed by atoms with Crippen LogP contribution in [0.4, 0.5) is 0 Å². The first-order valence-electron chi connectivity index (χ1n) is 8.86. The lowest BCUT2D eigenvalue weighted by Gasteiger charge is -2.34. The molecule has 2 aromatic heterocycles. The Labute approximate surface area is 174 Å². The van der Waals surface area contributed by atoms with Crippen LogP contribution in [0.5, 0.6) is 5.75 Å². The number of ether oxygens (including phenoxy) is 1. The summed E-state index contributed by atoms with van der Waals surface area (Å²) in [5, 5.41) is 1.86. The van der Waals surface area contributed by atoms with Gasteiger partial charge in [-0.05, 0) is 34.1 Å². The Morgan fingerprint density at radius 3 is 2.75 bits per heavy atom. The number of fused-ring (bicyclic) bond motifs is 1. The highest BCUT2D eigenvalue weighted by molar-refractivity contribution is 9.10. The molecular weight excluding hydrogens is 444 g/mol. The number of carbonyl (C=O) groups excluding carboxylic acids is 1. The summed E-state index contributed by atoms with van der Waals surface area (Å²) in [5.41, 5.74) is 1.35. The summed E-state index contributed by atoms with van der Waals surface area (Å²) in [7, 11) is 1.60. The van der Waals surface area contributed by atoms with Crippen LogP contribution in [0.25, 0.3) is 4.96 Å². The van der Waals surface area contributed by atoms with Gasteiger partial charge in [0.25, 0.3) is 11.5 Å². The zero-order valence-electron chi connectivity index (χ0n) is 15.3. The average Bonchev–Trinajstić information content (AvgIpc) is 3.17. The van der Waals surface area contributed by atoms with Crippen molar-refractivity contribution in [2.24, 2.45) is 0 Å². The van der Waals surface area contributed by atoms with Gasteiger partial charge in [0.2, 0.25) is 0 Å². The number of methoxy groups -OCH3 is 1. The Morgan fingerprint density at radius 1 is 1.25 bits per heavy atom. The van der Waals surface area contributed by atoms with Crippen molar-refractivity contribution < 1.29 is 9.53 Å². The van der Waals surface area contributed by atoms with E-state index in [1.165, 1.54) is 11.3 Å². The normalized spacial score (nSPS) is 15.1. The Balaban J connectivity index is 1.39. The Morgan fingerprint density at radius 2 is 2.04 bits per heavy atom. The van der Waals surface area contributed by atoms with E-state index in [1.807, 2.05) is 10.3 Å². The molecule has 28 heavy (non-hydrogen) atoms. The summed E-state index contributed by atoms with van der Waals surface area (Å²) < 4.78 is 7.54. The van der Waals surface area contributed by atoms with E-state index in [4.69, 9.17) is 4.74 Å². The number of hydrogen-bond donors (Lipinski definition) is 0. The van der Waals surface area contributed by atoms with Crippen LogP contribution in [-0.4, -0.2) is 58.4 Å². The monoisotopic (exact) mass is 462 g/mol. The molecule has 0 unspecified atom stereocenters. The number of rotatable bonds is 4. The molecule has 0 radical (unpaired) electrons. The summed E-state index contributed by atoms with van der Waals surface area (Å²) in [6, 6.07) is 6.96. The van der Waals surface area contributed by atoms with Crippen LogP contribution in [0.2, 0.25) is 0 Å². The van der Waals surface area contributed by atoms with Gasteiger partial charge in [0, 0.05) is 55.9 Å². The third kappa shape index (κ3) is 3.82. The molecule has 1 saturated heterocycles. The van der Waals surface area contributed by atoms with Crippen LogP contribution >= 0.6 is 27.3 Å². The van der Waals surface area contributed by atoms with Gasteiger partial charge in [-0.3, -0.25) is 18.9 Å². The van der Waals surface area contributed by atoms with E-state index in [0.29, 0.717) is 35.9 Å². The summed E-state index contributed by atoms with van der Waals surface area (Å²) in [5.74, 6) is 0.715. The first kappa shape index (κ1) is 19.1. The number of halogens is 1. The largest absolute Gasteiger partial charge is 0.496 e. The topological polar surface area (TPSA) is 67.2 Å². The van der Waals surface area contributed by atoms with Gasteiger partial charge < -0.3 is 9.64 Å². The van der Waals surface area contributed by atoms with Gasteiger partial charge in [-0.2, -0.15) is 0 Å². The fourth-order valence-corrected chi connectivity index (χ4v) is 4.57. The van der Waals surface area contributed by atoms with E-state index in [1.54, 1.807) is 42.0 Å². The second-order valence-electron chi connectivity index (χ2n) is 6.56. The third-order valence-corrected chi connectivity index (χ3v) is 6.18. The number of thiazole rings is 1. The standard InChI is InChI=1S/C19H19BrN4O3S/c1-27-16-3-2-13(10-15(16)20)18(26)23-6-4-22(5-7-23)12-14-11-17(25)24-8-9-28-19(24)21-14/h2-3,8-11H,4-7,12H2,1H3. The molecule has 1 fully saturated rings. The van der Waals surface area contributed by atoms with Crippen LogP contribution in [0.15, 0.2) is 45.1 Å². The number of benzene rings is 1. The predicted octanol–water partition coefficient (Wildman–Crippen LogP) is 2.49. The van der Waals surface area contributed by atoms with Gasteiger partial charge >= 0.3 is 0 Å². The molecule has 4 rings (SSSR count). The SMILES string of the molecule is COc1ccc(C(=O)N2CCN(Cc3cc(=O)n4ccsc4n3)CC2)cc1Br. The quantitative estimate of drug-likeness (QED) is 0.595. The van der Waals surface area contributed by atoms with Crippen LogP contribution < -0.4 is 10.3 Å². The minimum absolute atomic E-state index is 0.0133. The Kier molecular flexibility index (Phi) is 5.47. The van der Waals surface area contributed by atoms with Crippen LogP contribution in [-0.2, 0) is 6.54 Å². The van der Waals surface area contributed by atoms with Crippen molar-refractivity contribution >= 4 is 38.1 Å². The van der Waals surface area contributed by atoms with Crippen molar-refractivity contribution in [2.45, 2.75) is 6.54 Å². The lowest BCUT2D eigenvalue weighted by molar-refractivity contribution is 0.0627. The smallest absolute Gasteiger partial charge is 0.258 e. The first-order chi connectivity index (χ1) is 13.5. The number of nitrogens with zero attached hydrogens (tertiary/aromatic N) is 4.